The highest BCUT2D eigenvalue weighted by molar-refractivity contribution is 5.89. The molecule has 3 heterocycles. The highest BCUT2D eigenvalue weighted by atomic mass is 19.1. The van der Waals surface area contributed by atoms with Crippen LogP contribution in [-0.4, -0.2) is 72.8 Å². The van der Waals surface area contributed by atoms with Gasteiger partial charge in [0.25, 0.3) is 5.91 Å². The van der Waals surface area contributed by atoms with Crippen molar-refractivity contribution in [1.82, 2.24) is 15.1 Å². The van der Waals surface area contributed by atoms with Gasteiger partial charge in [0.2, 0.25) is 0 Å². The molecule has 158 valence electrons. The van der Waals surface area contributed by atoms with E-state index in [0.717, 1.165) is 37.4 Å². The summed E-state index contributed by atoms with van der Waals surface area (Å²) in [7, 11) is 0. The third kappa shape index (κ3) is 4.67. The first-order chi connectivity index (χ1) is 14.6. The molecule has 2 aliphatic rings. The van der Waals surface area contributed by atoms with E-state index in [-0.39, 0.29) is 24.0 Å². The molecule has 1 amide bonds. The van der Waals surface area contributed by atoms with Crippen LogP contribution in [0.1, 0.15) is 23.3 Å². The highest BCUT2D eigenvalue weighted by Gasteiger charge is 2.23. The molecule has 1 aromatic heterocycles. The second kappa shape index (κ2) is 9.06. The van der Waals surface area contributed by atoms with Crippen LogP contribution < -0.4 is 9.80 Å². The lowest BCUT2D eigenvalue weighted by Gasteiger charge is -2.36. The fourth-order valence-corrected chi connectivity index (χ4v) is 3.71. The summed E-state index contributed by atoms with van der Waals surface area (Å²) in [5.74, 6) is -0.429. The number of benzene rings is 1. The fraction of sp³-hybridized carbons (Fsp3) is 0.429. The Balaban J connectivity index is 1.23. The number of carbonyl (C=O) groups excluding carboxylic acids is 2. The SMILES string of the molecule is O=C(OCC(=O)N1CCN(c2ccc(F)cc2)CC1)c1ccc(N2CCCC2)nn1. The molecule has 8 nitrogen and oxygen atoms in total. The van der Waals surface area contributed by atoms with Crippen molar-refractivity contribution in [3.63, 3.8) is 0 Å². The van der Waals surface area contributed by atoms with E-state index >= 15 is 0 Å². The maximum absolute atomic E-state index is 13.1. The molecule has 2 saturated heterocycles. The van der Waals surface area contributed by atoms with Crippen molar-refractivity contribution in [2.75, 3.05) is 55.7 Å². The molecule has 0 saturated carbocycles. The van der Waals surface area contributed by atoms with E-state index in [1.807, 2.05) is 0 Å². The lowest BCUT2D eigenvalue weighted by molar-refractivity contribution is -0.134. The summed E-state index contributed by atoms with van der Waals surface area (Å²) >= 11 is 0. The molecule has 0 unspecified atom stereocenters. The van der Waals surface area contributed by atoms with Gasteiger partial charge in [-0.15, -0.1) is 10.2 Å². The van der Waals surface area contributed by atoms with E-state index in [0.29, 0.717) is 26.2 Å². The van der Waals surface area contributed by atoms with Crippen molar-refractivity contribution in [3.05, 3.63) is 47.9 Å². The predicted octanol–water partition coefficient (Wildman–Crippen LogP) is 1.72. The zero-order chi connectivity index (χ0) is 20.9. The largest absolute Gasteiger partial charge is 0.451 e. The van der Waals surface area contributed by atoms with E-state index in [4.69, 9.17) is 4.74 Å². The van der Waals surface area contributed by atoms with Crippen molar-refractivity contribution in [3.8, 4) is 0 Å². The second-order valence-corrected chi connectivity index (χ2v) is 7.39. The van der Waals surface area contributed by atoms with Crippen LogP contribution in [0.3, 0.4) is 0 Å². The molecular formula is C21H24FN5O3. The number of piperazine rings is 1. The Morgan fingerprint density at radius 2 is 1.57 bits per heavy atom. The molecule has 0 N–H and O–H groups in total. The average molecular weight is 413 g/mol. The van der Waals surface area contributed by atoms with Gasteiger partial charge in [-0.05, 0) is 49.2 Å². The number of rotatable bonds is 5. The van der Waals surface area contributed by atoms with E-state index in [1.165, 1.54) is 12.1 Å². The third-order valence-electron chi connectivity index (χ3n) is 5.44. The van der Waals surface area contributed by atoms with Crippen molar-refractivity contribution >= 4 is 23.4 Å². The van der Waals surface area contributed by atoms with Crippen LogP contribution in [0.25, 0.3) is 0 Å². The minimum atomic E-state index is -0.659. The van der Waals surface area contributed by atoms with Crippen LogP contribution in [0.15, 0.2) is 36.4 Å². The maximum atomic E-state index is 13.1. The number of hydrogen-bond acceptors (Lipinski definition) is 7. The van der Waals surface area contributed by atoms with Crippen LogP contribution in [-0.2, 0) is 9.53 Å². The quantitative estimate of drug-likeness (QED) is 0.691. The number of ether oxygens (including phenoxy) is 1. The van der Waals surface area contributed by atoms with Crippen molar-refractivity contribution in [2.45, 2.75) is 12.8 Å². The monoisotopic (exact) mass is 413 g/mol. The van der Waals surface area contributed by atoms with Crippen LogP contribution in [0.2, 0.25) is 0 Å². The average Bonchev–Trinajstić information content (AvgIpc) is 3.33. The zero-order valence-corrected chi connectivity index (χ0v) is 16.7. The van der Waals surface area contributed by atoms with Gasteiger partial charge in [0.15, 0.2) is 18.1 Å². The zero-order valence-electron chi connectivity index (χ0n) is 16.7. The van der Waals surface area contributed by atoms with E-state index < -0.39 is 5.97 Å². The first-order valence-electron chi connectivity index (χ1n) is 10.1. The fourth-order valence-electron chi connectivity index (χ4n) is 3.71. The Kier molecular flexibility index (Phi) is 6.06. The van der Waals surface area contributed by atoms with Gasteiger partial charge in [-0.3, -0.25) is 4.79 Å². The molecule has 0 atom stereocenters. The Morgan fingerprint density at radius 3 is 2.20 bits per heavy atom. The minimum Gasteiger partial charge on any atom is -0.451 e. The van der Waals surface area contributed by atoms with Crippen LogP contribution in [0, 0.1) is 5.82 Å². The highest BCUT2D eigenvalue weighted by Crippen LogP contribution is 2.18. The molecule has 4 rings (SSSR count). The van der Waals surface area contributed by atoms with Crippen molar-refractivity contribution in [1.29, 1.82) is 0 Å². The smallest absolute Gasteiger partial charge is 0.359 e. The normalized spacial score (nSPS) is 16.6. The van der Waals surface area contributed by atoms with Crippen molar-refractivity contribution in [2.24, 2.45) is 0 Å². The molecule has 0 radical (unpaired) electrons. The van der Waals surface area contributed by atoms with Gasteiger partial charge in [0, 0.05) is 45.0 Å². The number of carbonyl (C=O) groups is 2. The van der Waals surface area contributed by atoms with E-state index in [9.17, 15) is 14.0 Å². The summed E-state index contributed by atoms with van der Waals surface area (Å²) in [6.45, 7) is 3.85. The standard InChI is InChI=1S/C21H24FN5O3/c22-16-3-5-17(6-4-16)25-11-13-27(14-12-25)20(28)15-30-21(29)18-7-8-19(24-23-18)26-9-1-2-10-26/h3-8H,1-2,9-15H2. The molecule has 2 fully saturated rings. The van der Waals surface area contributed by atoms with Crippen LogP contribution in [0.5, 0.6) is 0 Å². The van der Waals surface area contributed by atoms with Gasteiger partial charge in [0.1, 0.15) is 5.82 Å². The summed E-state index contributed by atoms with van der Waals surface area (Å²) in [6, 6.07) is 9.63. The number of aromatic nitrogens is 2. The molecule has 0 spiro atoms. The maximum Gasteiger partial charge on any atom is 0.359 e. The molecule has 2 aliphatic heterocycles. The number of anilines is 2. The topological polar surface area (TPSA) is 78.9 Å². The van der Waals surface area contributed by atoms with Crippen molar-refractivity contribution < 1.29 is 18.7 Å². The molecule has 0 aliphatic carbocycles. The van der Waals surface area contributed by atoms with Gasteiger partial charge in [-0.25, -0.2) is 9.18 Å². The second-order valence-electron chi connectivity index (χ2n) is 7.39. The molecule has 2 aromatic rings. The Bertz CT molecular complexity index is 877. The lowest BCUT2D eigenvalue weighted by atomic mass is 10.2. The van der Waals surface area contributed by atoms with Gasteiger partial charge >= 0.3 is 5.97 Å². The molecule has 0 bridgehead atoms. The number of esters is 1. The predicted molar refractivity (Wildman–Crippen MR) is 109 cm³/mol. The van der Waals surface area contributed by atoms with E-state index in [1.54, 1.807) is 29.2 Å². The lowest BCUT2D eigenvalue weighted by Crippen LogP contribution is -2.49. The van der Waals surface area contributed by atoms with Crippen LogP contribution >= 0.6 is 0 Å². The molecule has 1 aromatic carbocycles. The molecule has 30 heavy (non-hydrogen) atoms. The summed E-state index contributed by atoms with van der Waals surface area (Å²) in [6.07, 6.45) is 2.26. The summed E-state index contributed by atoms with van der Waals surface area (Å²) < 4.78 is 18.2. The summed E-state index contributed by atoms with van der Waals surface area (Å²) in [5.41, 5.74) is 1.01. The van der Waals surface area contributed by atoms with Gasteiger partial charge in [-0.1, -0.05) is 0 Å². The number of halogens is 1. The first kappa shape index (κ1) is 20.1. The minimum absolute atomic E-state index is 0.0897. The first-order valence-corrected chi connectivity index (χ1v) is 10.1. The molecular weight excluding hydrogens is 389 g/mol. The van der Waals surface area contributed by atoms with Gasteiger partial charge in [0.05, 0.1) is 0 Å². The summed E-state index contributed by atoms with van der Waals surface area (Å²) in [5, 5.41) is 8.03. The Hall–Kier alpha value is -3.23. The number of nitrogens with zero attached hydrogens (tertiary/aromatic N) is 5. The molecule has 9 heteroatoms. The summed E-state index contributed by atoms with van der Waals surface area (Å²) in [4.78, 5) is 30.4. The number of hydrogen-bond donors (Lipinski definition) is 0. The van der Waals surface area contributed by atoms with Gasteiger partial charge < -0.3 is 19.4 Å². The Morgan fingerprint density at radius 1 is 0.867 bits per heavy atom. The van der Waals surface area contributed by atoms with Gasteiger partial charge in [-0.2, -0.15) is 0 Å². The van der Waals surface area contributed by atoms with E-state index in [2.05, 4.69) is 20.0 Å². The third-order valence-corrected chi connectivity index (χ3v) is 5.44. The Labute approximate surface area is 174 Å². The number of amides is 1. The van der Waals surface area contributed by atoms with Crippen LogP contribution in [0.4, 0.5) is 15.9 Å².